The lowest BCUT2D eigenvalue weighted by atomic mass is 9.94. The van der Waals surface area contributed by atoms with Crippen molar-refractivity contribution in [3.63, 3.8) is 0 Å². The number of hydrogen-bond acceptors (Lipinski definition) is 1. The summed E-state index contributed by atoms with van der Waals surface area (Å²) in [6.45, 7) is 14.0. The first-order valence-corrected chi connectivity index (χ1v) is 6.95. The molecule has 0 nitrogen and oxygen atoms in total. The smallest absolute Gasteiger partial charge is 0.0129 e. The van der Waals surface area contributed by atoms with Crippen molar-refractivity contribution >= 4 is 11.8 Å². The Bertz CT molecular complexity index is 146. The van der Waals surface area contributed by atoms with Gasteiger partial charge in [0.2, 0.25) is 0 Å². The van der Waals surface area contributed by atoms with E-state index in [2.05, 4.69) is 53.3 Å². The third-order valence-electron chi connectivity index (χ3n) is 2.83. The summed E-state index contributed by atoms with van der Waals surface area (Å²) < 4.78 is 0.528. The van der Waals surface area contributed by atoms with Crippen molar-refractivity contribution in [1.29, 1.82) is 0 Å². The van der Waals surface area contributed by atoms with Crippen LogP contribution in [0, 0.1) is 5.41 Å². The van der Waals surface area contributed by atoms with Crippen LogP contribution in [0.25, 0.3) is 0 Å². The molecular formula is C13H28S. The van der Waals surface area contributed by atoms with Gasteiger partial charge in [-0.2, -0.15) is 11.8 Å². The normalized spacial score (nSPS) is 16.7. The van der Waals surface area contributed by atoms with Crippen molar-refractivity contribution < 1.29 is 0 Å². The van der Waals surface area contributed by atoms with Crippen LogP contribution in [-0.4, -0.2) is 10.5 Å². The zero-order chi connectivity index (χ0) is 11.2. The van der Waals surface area contributed by atoms with Crippen LogP contribution in [0.3, 0.4) is 0 Å². The lowest BCUT2D eigenvalue weighted by Crippen LogP contribution is -2.20. The minimum Gasteiger partial charge on any atom is -0.155 e. The predicted octanol–water partition coefficient (Wildman–Crippen LogP) is 5.12. The Morgan fingerprint density at radius 1 is 0.929 bits per heavy atom. The molecule has 0 N–H and O–H groups in total. The molecular weight excluding hydrogens is 188 g/mol. The molecule has 0 unspecified atom stereocenters. The van der Waals surface area contributed by atoms with Crippen LogP contribution in [0.2, 0.25) is 0 Å². The van der Waals surface area contributed by atoms with E-state index in [-0.39, 0.29) is 0 Å². The first-order chi connectivity index (χ1) is 6.33. The van der Waals surface area contributed by atoms with E-state index in [1.807, 2.05) is 0 Å². The third-order valence-corrected chi connectivity index (χ3v) is 4.43. The van der Waals surface area contributed by atoms with Crippen molar-refractivity contribution in [3.05, 3.63) is 0 Å². The second-order valence-electron chi connectivity index (χ2n) is 5.71. The number of hydrogen-bond donors (Lipinski definition) is 0. The second-order valence-corrected chi connectivity index (χ2v) is 7.40. The summed E-state index contributed by atoms with van der Waals surface area (Å²) in [4.78, 5) is 0. The van der Waals surface area contributed by atoms with Crippen LogP contribution in [0.4, 0.5) is 0 Å². The van der Waals surface area contributed by atoms with Gasteiger partial charge in [0.15, 0.2) is 0 Å². The minimum absolute atomic E-state index is 0.494. The molecule has 0 aliphatic heterocycles. The molecule has 0 fully saturated rings. The minimum atomic E-state index is 0.494. The van der Waals surface area contributed by atoms with Gasteiger partial charge in [-0.25, -0.2) is 0 Å². The van der Waals surface area contributed by atoms with Gasteiger partial charge >= 0.3 is 0 Å². The van der Waals surface area contributed by atoms with Gasteiger partial charge in [-0.3, -0.25) is 0 Å². The fourth-order valence-corrected chi connectivity index (χ4v) is 3.24. The van der Waals surface area contributed by atoms with Crippen molar-refractivity contribution in [2.45, 2.75) is 72.0 Å². The molecule has 0 aromatic rings. The van der Waals surface area contributed by atoms with Gasteiger partial charge in [-0.1, -0.05) is 48.0 Å². The molecule has 0 radical (unpaired) electrons. The first kappa shape index (κ1) is 14.3. The molecule has 0 heterocycles. The Hall–Kier alpha value is 0.350. The standard InChI is InChI=1S/C13H28S/c1-7-9-13(6,8-2)14-11-10-12(3,4)5/h7-11H2,1-6H3/t13-/m1/s1. The van der Waals surface area contributed by atoms with E-state index >= 15 is 0 Å². The van der Waals surface area contributed by atoms with E-state index in [9.17, 15) is 0 Å². The maximum absolute atomic E-state index is 2.42. The summed E-state index contributed by atoms with van der Waals surface area (Å²) in [5.41, 5.74) is 0.494. The van der Waals surface area contributed by atoms with Crippen LogP contribution < -0.4 is 0 Å². The van der Waals surface area contributed by atoms with Crippen LogP contribution in [0.15, 0.2) is 0 Å². The van der Waals surface area contributed by atoms with Crippen LogP contribution in [-0.2, 0) is 0 Å². The van der Waals surface area contributed by atoms with Gasteiger partial charge in [0.1, 0.15) is 0 Å². The van der Waals surface area contributed by atoms with Crippen molar-refractivity contribution in [1.82, 2.24) is 0 Å². The van der Waals surface area contributed by atoms with Crippen LogP contribution >= 0.6 is 11.8 Å². The van der Waals surface area contributed by atoms with Gasteiger partial charge in [0.25, 0.3) is 0 Å². The summed E-state index contributed by atoms with van der Waals surface area (Å²) in [6, 6.07) is 0. The molecule has 14 heavy (non-hydrogen) atoms. The van der Waals surface area contributed by atoms with E-state index in [1.54, 1.807) is 0 Å². The van der Waals surface area contributed by atoms with E-state index in [4.69, 9.17) is 0 Å². The van der Waals surface area contributed by atoms with Gasteiger partial charge in [-0.15, -0.1) is 0 Å². The average Bonchev–Trinajstić information content (AvgIpc) is 2.02. The summed E-state index contributed by atoms with van der Waals surface area (Å²) >= 11 is 2.18. The zero-order valence-electron chi connectivity index (χ0n) is 10.9. The molecule has 0 aliphatic carbocycles. The van der Waals surface area contributed by atoms with Crippen molar-refractivity contribution in [3.8, 4) is 0 Å². The first-order valence-electron chi connectivity index (χ1n) is 5.97. The molecule has 0 aromatic carbocycles. The highest BCUT2D eigenvalue weighted by molar-refractivity contribution is 8.00. The maximum Gasteiger partial charge on any atom is 0.0129 e. The van der Waals surface area contributed by atoms with Gasteiger partial charge in [-0.05, 0) is 30.4 Å². The van der Waals surface area contributed by atoms with Crippen LogP contribution in [0.5, 0.6) is 0 Å². The topological polar surface area (TPSA) is 0 Å². The molecule has 0 bridgehead atoms. The van der Waals surface area contributed by atoms with Gasteiger partial charge in [0.05, 0.1) is 0 Å². The Morgan fingerprint density at radius 3 is 1.86 bits per heavy atom. The summed E-state index contributed by atoms with van der Waals surface area (Å²) in [7, 11) is 0. The van der Waals surface area contributed by atoms with Gasteiger partial charge < -0.3 is 0 Å². The molecule has 0 aromatic heterocycles. The molecule has 0 spiro atoms. The number of thioether (sulfide) groups is 1. The molecule has 1 atom stereocenters. The summed E-state index contributed by atoms with van der Waals surface area (Å²) in [5, 5.41) is 0. The highest BCUT2D eigenvalue weighted by Crippen LogP contribution is 2.35. The fourth-order valence-electron chi connectivity index (χ4n) is 1.48. The van der Waals surface area contributed by atoms with Crippen LogP contribution in [0.1, 0.15) is 67.2 Å². The van der Waals surface area contributed by atoms with Gasteiger partial charge in [0, 0.05) is 4.75 Å². The average molecular weight is 216 g/mol. The number of rotatable bonds is 6. The largest absolute Gasteiger partial charge is 0.155 e. The SMILES string of the molecule is CCC[C@@](C)(CC)SCCC(C)(C)C. The maximum atomic E-state index is 2.42. The lowest BCUT2D eigenvalue weighted by molar-refractivity contribution is 0.400. The summed E-state index contributed by atoms with van der Waals surface area (Å²) in [6.07, 6.45) is 5.30. The fraction of sp³-hybridized carbons (Fsp3) is 1.00. The second kappa shape index (κ2) is 6.05. The summed E-state index contributed by atoms with van der Waals surface area (Å²) in [5.74, 6) is 1.31. The van der Waals surface area contributed by atoms with E-state index in [0.717, 1.165) is 0 Å². The monoisotopic (exact) mass is 216 g/mol. The lowest BCUT2D eigenvalue weighted by Gasteiger charge is -2.29. The predicted molar refractivity (Wildman–Crippen MR) is 70.1 cm³/mol. The molecule has 0 amide bonds. The quantitative estimate of drug-likeness (QED) is 0.593. The molecule has 0 saturated carbocycles. The van der Waals surface area contributed by atoms with E-state index in [0.29, 0.717) is 10.2 Å². The Balaban J connectivity index is 3.84. The Kier molecular flexibility index (Phi) is 6.20. The Labute approximate surface area is 95.2 Å². The third kappa shape index (κ3) is 6.75. The van der Waals surface area contributed by atoms with E-state index < -0.39 is 0 Å². The highest BCUT2D eigenvalue weighted by atomic mass is 32.2. The zero-order valence-corrected chi connectivity index (χ0v) is 11.8. The molecule has 1 heteroatoms. The molecule has 86 valence electrons. The van der Waals surface area contributed by atoms with Crippen molar-refractivity contribution in [2.24, 2.45) is 5.41 Å². The highest BCUT2D eigenvalue weighted by Gasteiger charge is 2.22. The Morgan fingerprint density at radius 2 is 1.50 bits per heavy atom. The molecule has 0 aliphatic rings. The molecule has 0 rings (SSSR count). The van der Waals surface area contributed by atoms with Crippen molar-refractivity contribution in [2.75, 3.05) is 5.75 Å². The van der Waals surface area contributed by atoms with E-state index in [1.165, 1.54) is 31.4 Å². The molecule has 0 saturated heterocycles.